The number of carbonyl (C=O) groups is 2. The Morgan fingerprint density at radius 2 is 1.88 bits per heavy atom. The number of rotatable bonds is 10. The molecule has 0 radical (unpaired) electrons. The van der Waals surface area contributed by atoms with Gasteiger partial charge in [0.05, 0.1) is 41.7 Å². The molecule has 1 atom stereocenters. The zero-order valence-electron chi connectivity index (χ0n) is 23.8. The normalized spacial score (nSPS) is 14.9. The molecule has 9 nitrogen and oxygen atoms in total. The molecule has 0 N–H and O–H groups in total. The summed E-state index contributed by atoms with van der Waals surface area (Å²) in [6.45, 7) is 7.07. The Morgan fingerprint density at radius 3 is 2.51 bits per heavy atom. The van der Waals surface area contributed by atoms with Crippen LogP contribution in [0.3, 0.4) is 0 Å². The molecule has 4 rings (SSSR count). The van der Waals surface area contributed by atoms with Gasteiger partial charge in [0.2, 0.25) is 0 Å². The van der Waals surface area contributed by atoms with Crippen molar-refractivity contribution in [1.82, 2.24) is 4.57 Å². The zero-order valence-corrected chi connectivity index (χ0v) is 25.4. The molecule has 1 aliphatic rings. The summed E-state index contributed by atoms with van der Waals surface area (Å²) in [6.07, 6.45) is 3.40. The molecule has 41 heavy (non-hydrogen) atoms. The Kier molecular flexibility index (Phi) is 9.72. The van der Waals surface area contributed by atoms with E-state index in [0.29, 0.717) is 37.7 Å². The molecule has 0 aliphatic carbocycles. The standard InChI is InChI=1S/C30H32N2O7S2/c1-7-37-25(33)16-38-22-13-8-19(14-23(22)36-5)15-24-28(34)32-27(20-9-11-21(40-6)12-10-20)26(29(35)39-17(2)3)18(4)31-30(32)41-24/h8-15,17,27H,7,16H2,1-6H3/b24-15-/t27-/m0/s1. The van der Waals surface area contributed by atoms with E-state index in [1.165, 1.54) is 18.4 Å². The van der Waals surface area contributed by atoms with E-state index in [0.717, 1.165) is 10.5 Å². The number of hydrogen-bond donors (Lipinski definition) is 0. The van der Waals surface area contributed by atoms with Gasteiger partial charge in [-0.3, -0.25) is 9.36 Å². The smallest absolute Gasteiger partial charge is 0.344 e. The minimum Gasteiger partial charge on any atom is -0.493 e. The summed E-state index contributed by atoms with van der Waals surface area (Å²) in [6, 6.07) is 12.2. The van der Waals surface area contributed by atoms with Crippen LogP contribution in [0.15, 0.2) is 68.4 Å². The Balaban J connectivity index is 1.79. The van der Waals surface area contributed by atoms with Crippen molar-refractivity contribution in [3.63, 3.8) is 0 Å². The predicted molar refractivity (Wildman–Crippen MR) is 158 cm³/mol. The largest absolute Gasteiger partial charge is 0.493 e. The fourth-order valence-electron chi connectivity index (χ4n) is 4.35. The highest BCUT2D eigenvalue weighted by molar-refractivity contribution is 7.98. The average Bonchev–Trinajstić information content (AvgIpc) is 3.25. The van der Waals surface area contributed by atoms with Crippen molar-refractivity contribution in [1.29, 1.82) is 0 Å². The molecule has 1 aromatic heterocycles. The number of thioether (sulfide) groups is 1. The van der Waals surface area contributed by atoms with Crippen LogP contribution in [-0.4, -0.2) is 49.2 Å². The van der Waals surface area contributed by atoms with Gasteiger partial charge < -0.3 is 18.9 Å². The van der Waals surface area contributed by atoms with E-state index in [-0.39, 0.29) is 24.9 Å². The number of ether oxygens (including phenoxy) is 4. The van der Waals surface area contributed by atoms with Crippen LogP contribution in [-0.2, 0) is 19.1 Å². The molecule has 0 bridgehead atoms. The third-order valence-electron chi connectivity index (χ3n) is 6.15. The van der Waals surface area contributed by atoms with Crippen LogP contribution >= 0.6 is 23.1 Å². The van der Waals surface area contributed by atoms with Gasteiger partial charge in [0, 0.05) is 4.90 Å². The SMILES string of the molecule is CCOC(=O)COc1ccc(/C=c2\sc3n(c2=O)[C@@H](c2ccc(SC)cc2)C(C(=O)OC(C)C)=C(C)N=3)cc1OC. The molecule has 0 spiro atoms. The number of nitrogens with zero attached hydrogens (tertiary/aromatic N) is 2. The first-order chi connectivity index (χ1) is 19.7. The molecule has 0 amide bonds. The van der Waals surface area contributed by atoms with Gasteiger partial charge in [-0.15, -0.1) is 11.8 Å². The minimum absolute atomic E-state index is 0.249. The monoisotopic (exact) mass is 596 g/mol. The number of thiazole rings is 1. The first-order valence-corrected chi connectivity index (χ1v) is 15.0. The van der Waals surface area contributed by atoms with Crippen LogP contribution in [0.25, 0.3) is 6.08 Å². The Labute approximate surface area is 246 Å². The summed E-state index contributed by atoms with van der Waals surface area (Å²) in [5, 5.41) is 0. The lowest BCUT2D eigenvalue weighted by molar-refractivity contribution is -0.145. The van der Waals surface area contributed by atoms with Crippen LogP contribution in [0.2, 0.25) is 0 Å². The van der Waals surface area contributed by atoms with Crippen molar-refractivity contribution in [2.75, 3.05) is 26.6 Å². The number of fused-ring (bicyclic) bond motifs is 1. The van der Waals surface area contributed by atoms with Gasteiger partial charge in [0.15, 0.2) is 22.9 Å². The van der Waals surface area contributed by atoms with Crippen molar-refractivity contribution in [2.24, 2.45) is 4.99 Å². The van der Waals surface area contributed by atoms with Gasteiger partial charge >= 0.3 is 11.9 Å². The Morgan fingerprint density at radius 1 is 1.15 bits per heavy atom. The minimum atomic E-state index is -0.691. The number of aromatic nitrogens is 1. The second kappa shape index (κ2) is 13.2. The lowest BCUT2D eigenvalue weighted by atomic mass is 9.96. The van der Waals surface area contributed by atoms with Gasteiger partial charge in [0.25, 0.3) is 5.56 Å². The number of benzene rings is 2. The fraction of sp³-hybridized carbons (Fsp3) is 0.333. The number of methoxy groups -OCH3 is 1. The first-order valence-electron chi connectivity index (χ1n) is 13.0. The molecule has 1 aliphatic heterocycles. The Hall–Kier alpha value is -3.83. The molecule has 2 aromatic carbocycles. The van der Waals surface area contributed by atoms with Crippen molar-refractivity contribution >= 4 is 41.1 Å². The van der Waals surface area contributed by atoms with Crippen LogP contribution in [0, 0.1) is 0 Å². The maximum atomic E-state index is 13.9. The molecule has 216 valence electrons. The third-order valence-corrected chi connectivity index (χ3v) is 7.88. The number of esters is 2. The molecule has 2 heterocycles. The lowest BCUT2D eigenvalue weighted by Gasteiger charge is -2.25. The van der Waals surface area contributed by atoms with E-state index in [4.69, 9.17) is 18.9 Å². The number of hydrogen-bond acceptors (Lipinski definition) is 10. The van der Waals surface area contributed by atoms with Crippen molar-refractivity contribution in [2.45, 2.75) is 44.7 Å². The highest BCUT2D eigenvalue weighted by Gasteiger charge is 2.33. The highest BCUT2D eigenvalue weighted by atomic mass is 32.2. The third kappa shape index (κ3) is 6.74. The average molecular weight is 597 g/mol. The molecule has 0 saturated carbocycles. The van der Waals surface area contributed by atoms with E-state index in [2.05, 4.69) is 4.99 Å². The molecule has 0 unspecified atom stereocenters. The van der Waals surface area contributed by atoms with Crippen LogP contribution in [0.5, 0.6) is 11.5 Å². The van der Waals surface area contributed by atoms with Crippen molar-refractivity contribution < 1.29 is 28.5 Å². The zero-order chi connectivity index (χ0) is 29.7. The lowest BCUT2D eigenvalue weighted by Crippen LogP contribution is -2.40. The van der Waals surface area contributed by atoms with Gasteiger partial charge in [-0.05, 0) is 75.4 Å². The summed E-state index contributed by atoms with van der Waals surface area (Å²) in [5.74, 6) is -0.212. The molecule has 11 heteroatoms. The predicted octanol–water partition coefficient (Wildman–Crippen LogP) is 3.86. The maximum Gasteiger partial charge on any atom is 0.344 e. The second-order valence-electron chi connectivity index (χ2n) is 9.31. The Bertz CT molecular complexity index is 1650. The summed E-state index contributed by atoms with van der Waals surface area (Å²) in [7, 11) is 1.49. The molecular formula is C30H32N2O7S2. The van der Waals surface area contributed by atoms with Crippen LogP contribution in [0.4, 0.5) is 0 Å². The van der Waals surface area contributed by atoms with E-state index >= 15 is 0 Å². The molecule has 0 saturated heterocycles. The second-order valence-corrected chi connectivity index (χ2v) is 11.2. The van der Waals surface area contributed by atoms with Crippen molar-refractivity contribution in [3.8, 4) is 11.5 Å². The van der Waals surface area contributed by atoms with Gasteiger partial charge in [-0.25, -0.2) is 14.6 Å². The topological polar surface area (TPSA) is 105 Å². The highest BCUT2D eigenvalue weighted by Crippen LogP contribution is 2.32. The van der Waals surface area contributed by atoms with E-state index in [1.54, 1.807) is 68.3 Å². The molecule has 3 aromatic rings. The van der Waals surface area contributed by atoms with Gasteiger partial charge in [0.1, 0.15) is 0 Å². The number of allylic oxidation sites excluding steroid dienone is 1. The quantitative estimate of drug-likeness (QED) is 0.257. The fourth-order valence-corrected chi connectivity index (χ4v) is 5.80. The first kappa shape index (κ1) is 30.1. The molecular weight excluding hydrogens is 564 g/mol. The summed E-state index contributed by atoms with van der Waals surface area (Å²) in [4.78, 5) is 45.0. The maximum absolute atomic E-state index is 13.9. The van der Waals surface area contributed by atoms with E-state index < -0.39 is 18.0 Å². The summed E-state index contributed by atoms with van der Waals surface area (Å²) in [5.41, 5.74) is 2.03. The number of carbonyl (C=O) groups excluding carboxylic acids is 2. The van der Waals surface area contributed by atoms with E-state index in [1.807, 2.05) is 30.5 Å². The summed E-state index contributed by atoms with van der Waals surface area (Å²) < 4.78 is 23.5. The van der Waals surface area contributed by atoms with Gasteiger partial charge in [-0.2, -0.15) is 0 Å². The summed E-state index contributed by atoms with van der Waals surface area (Å²) >= 11 is 2.85. The molecule has 0 fully saturated rings. The van der Waals surface area contributed by atoms with Gasteiger partial charge in [-0.1, -0.05) is 29.5 Å². The van der Waals surface area contributed by atoms with Crippen LogP contribution in [0.1, 0.15) is 44.9 Å². The van der Waals surface area contributed by atoms with Crippen LogP contribution < -0.4 is 24.4 Å². The van der Waals surface area contributed by atoms with E-state index in [9.17, 15) is 14.4 Å². The van der Waals surface area contributed by atoms with Crippen molar-refractivity contribution in [3.05, 3.63) is 84.5 Å².